The Kier molecular flexibility index (Phi) is 4.19. The minimum absolute atomic E-state index is 0.0780. The van der Waals surface area contributed by atoms with Gasteiger partial charge in [-0.3, -0.25) is 0 Å². The predicted octanol–water partition coefficient (Wildman–Crippen LogP) is 2.69. The summed E-state index contributed by atoms with van der Waals surface area (Å²) in [4.78, 5) is 10.4. The van der Waals surface area contributed by atoms with Gasteiger partial charge in [0.25, 0.3) is 0 Å². The number of aliphatic carboxylic acids is 1. The summed E-state index contributed by atoms with van der Waals surface area (Å²) in [7, 11) is 1.25. The number of carbonyl (C=O) groups is 1. The largest absolute Gasteiger partial charge is 0.573 e. The van der Waals surface area contributed by atoms with E-state index in [1.807, 2.05) is 0 Å². The van der Waals surface area contributed by atoms with Crippen molar-refractivity contribution >= 4 is 12.0 Å². The first-order chi connectivity index (χ1) is 8.33. The topological polar surface area (TPSA) is 55.8 Å². The third-order valence-corrected chi connectivity index (χ3v) is 1.86. The predicted molar refractivity (Wildman–Crippen MR) is 56.3 cm³/mol. The van der Waals surface area contributed by atoms with Crippen LogP contribution in [0.1, 0.15) is 5.56 Å². The van der Waals surface area contributed by atoms with Crippen molar-refractivity contribution in [3.8, 4) is 11.5 Å². The van der Waals surface area contributed by atoms with Crippen LogP contribution in [0.4, 0.5) is 13.2 Å². The summed E-state index contributed by atoms with van der Waals surface area (Å²) in [6.45, 7) is 0. The number of ether oxygens (including phenoxy) is 2. The molecule has 0 aliphatic rings. The van der Waals surface area contributed by atoms with Crippen LogP contribution in [0.2, 0.25) is 0 Å². The first-order valence-corrected chi connectivity index (χ1v) is 4.67. The zero-order valence-electron chi connectivity index (χ0n) is 9.19. The molecule has 1 N–H and O–H groups in total. The van der Waals surface area contributed by atoms with E-state index in [2.05, 4.69) is 4.74 Å². The Labute approximate surface area is 100 Å². The maximum atomic E-state index is 12.2. The normalized spacial score (nSPS) is 11.6. The molecule has 0 saturated heterocycles. The Morgan fingerprint density at radius 1 is 1.33 bits per heavy atom. The fourth-order valence-corrected chi connectivity index (χ4v) is 1.23. The van der Waals surface area contributed by atoms with Crippen LogP contribution < -0.4 is 9.47 Å². The minimum Gasteiger partial charge on any atom is -0.496 e. The number of carboxylic acid groups (broad SMARTS) is 1. The maximum Gasteiger partial charge on any atom is 0.573 e. The molecule has 0 saturated carbocycles. The summed E-state index contributed by atoms with van der Waals surface area (Å²) in [6.07, 6.45) is -3.19. The van der Waals surface area contributed by atoms with Crippen molar-refractivity contribution in [3.05, 3.63) is 29.8 Å². The van der Waals surface area contributed by atoms with Crippen LogP contribution in [0.15, 0.2) is 24.3 Å². The highest BCUT2D eigenvalue weighted by Crippen LogP contribution is 2.33. The van der Waals surface area contributed by atoms with Crippen molar-refractivity contribution < 1.29 is 32.5 Å². The van der Waals surface area contributed by atoms with Gasteiger partial charge in [-0.05, 0) is 18.2 Å². The first kappa shape index (κ1) is 13.9. The molecule has 0 aromatic heterocycles. The molecule has 7 heteroatoms. The van der Waals surface area contributed by atoms with Gasteiger partial charge in [0.15, 0.2) is 0 Å². The molecule has 1 aromatic carbocycles. The molecule has 0 heterocycles. The number of hydrogen-bond acceptors (Lipinski definition) is 3. The van der Waals surface area contributed by atoms with Gasteiger partial charge in [-0.2, -0.15) is 0 Å². The lowest BCUT2D eigenvalue weighted by Crippen LogP contribution is -2.17. The molecule has 0 atom stereocenters. The van der Waals surface area contributed by atoms with Gasteiger partial charge in [0.2, 0.25) is 0 Å². The average molecular weight is 262 g/mol. The van der Waals surface area contributed by atoms with Gasteiger partial charge in [-0.25, -0.2) is 4.79 Å². The molecular weight excluding hydrogens is 253 g/mol. The fourth-order valence-electron chi connectivity index (χ4n) is 1.23. The van der Waals surface area contributed by atoms with E-state index in [4.69, 9.17) is 9.84 Å². The molecule has 0 aliphatic heterocycles. The van der Waals surface area contributed by atoms with E-state index in [0.717, 1.165) is 12.1 Å². The fraction of sp³-hybridized carbons (Fsp3) is 0.182. The zero-order chi connectivity index (χ0) is 13.8. The maximum absolute atomic E-state index is 12.2. The lowest BCUT2D eigenvalue weighted by Gasteiger charge is -2.13. The van der Waals surface area contributed by atoms with Gasteiger partial charge in [-0.1, -0.05) is 6.07 Å². The average Bonchev–Trinajstić information content (AvgIpc) is 2.24. The van der Waals surface area contributed by atoms with Crippen LogP contribution in [0.3, 0.4) is 0 Å². The van der Waals surface area contributed by atoms with Gasteiger partial charge >= 0.3 is 12.3 Å². The van der Waals surface area contributed by atoms with E-state index in [9.17, 15) is 18.0 Å². The Morgan fingerprint density at radius 3 is 2.44 bits per heavy atom. The van der Waals surface area contributed by atoms with E-state index in [1.54, 1.807) is 0 Å². The molecule has 0 amide bonds. The van der Waals surface area contributed by atoms with Crippen LogP contribution in [0.5, 0.6) is 11.5 Å². The van der Waals surface area contributed by atoms with Crippen molar-refractivity contribution in [2.24, 2.45) is 0 Å². The summed E-state index contributed by atoms with van der Waals surface area (Å²) in [5, 5.41) is 8.47. The van der Waals surface area contributed by atoms with E-state index in [0.29, 0.717) is 6.08 Å². The second-order valence-corrected chi connectivity index (χ2v) is 3.09. The molecular formula is C11H9F3O4. The molecule has 98 valence electrons. The van der Waals surface area contributed by atoms with Gasteiger partial charge in [0, 0.05) is 6.08 Å². The molecule has 0 fully saturated rings. The lowest BCUT2D eigenvalue weighted by molar-refractivity contribution is -0.274. The van der Waals surface area contributed by atoms with Crippen LogP contribution >= 0.6 is 0 Å². The van der Waals surface area contributed by atoms with Crippen molar-refractivity contribution in [2.75, 3.05) is 7.11 Å². The van der Waals surface area contributed by atoms with Crippen molar-refractivity contribution in [2.45, 2.75) is 6.36 Å². The van der Waals surface area contributed by atoms with E-state index in [-0.39, 0.29) is 11.3 Å². The number of rotatable bonds is 4. The summed E-state index contributed by atoms with van der Waals surface area (Å²) in [6, 6.07) is 3.76. The number of carboxylic acids is 1. The van der Waals surface area contributed by atoms with Crippen LogP contribution in [-0.2, 0) is 4.79 Å². The molecule has 1 rings (SSSR count). The molecule has 0 bridgehead atoms. The third-order valence-electron chi connectivity index (χ3n) is 1.86. The first-order valence-electron chi connectivity index (χ1n) is 4.67. The highest BCUT2D eigenvalue weighted by Gasteiger charge is 2.32. The van der Waals surface area contributed by atoms with Gasteiger partial charge in [-0.15, -0.1) is 13.2 Å². The van der Waals surface area contributed by atoms with Gasteiger partial charge in [0.1, 0.15) is 11.5 Å². The molecule has 0 radical (unpaired) electrons. The molecule has 1 aromatic rings. The Morgan fingerprint density at radius 2 is 1.94 bits per heavy atom. The monoisotopic (exact) mass is 262 g/mol. The molecule has 0 unspecified atom stereocenters. The second-order valence-electron chi connectivity index (χ2n) is 3.09. The number of methoxy groups -OCH3 is 1. The smallest absolute Gasteiger partial charge is 0.496 e. The highest BCUT2D eigenvalue weighted by atomic mass is 19.4. The highest BCUT2D eigenvalue weighted by molar-refractivity contribution is 5.86. The minimum atomic E-state index is -4.86. The zero-order valence-corrected chi connectivity index (χ0v) is 9.19. The number of hydrogen-bond donors (Lipinski definition) is 1. The van der Waals surface area contributed by atoms with Crippen LogP contribution in [0, 0.1) is 0 Å². The molecule has 0 aliphatic carbocycles. The standard InChI is InChI=1S/C11H9F3O4/c1-17-8-3-2-4-9(18-11(12,13)14)7(8)5-6-10(15)16/h2-6H,1H3,(H,15,16)/b6-5+. The number of halogens is 3. The Hall–Kier alpha value is -2.18. The van der Waals surface area contributed by atoms with Crippen LogP contribution in [-0.4, -0.2) is 24.5 Å². The summed E-state index contributed by atoms with van der Waals surface area (Å²) >= 11 is 0. The number of alkyl halides is 3. The van der Waals surface area contributed by atoms with E-state index >= 15 is 0 Å². The SMILES string of the molecule is COc1cccc(OC(F)(F)F)c1/C=C/C(=O)O. The van der Waals surface area contributed by atoms with Crippen molar-refractivity contribution in [3.63, 3.8) is 0 Å². The van der Waals surface area contributed by atoms with Crippen molar-refractivity contribution in [1.82, 2.24) is 0 Å². The Bertz CT molecular complexity index is 466. The second kappa shape index (κ2) is 5.44. The Balaban J connectivity index is 3.20. The summed E-state index contributed by atoms with van der Waals surface area (Å²) in [5.74, 6) is -1.74. The molecule has 0 spiro atoms. The summed E-state index contributed by atoms with van der Waals surface area (Å²) in [5.41, 5.74) is -0.0975. The lowest BCUT2D eigenvalue weighted by atomic mass is 10.1. The third kappa shape index (κ3) is 4.00. The van der Waals surface area contributed by atoms with Gasteiger partial charge in [0.05, 0.1) is 12.7 Å². The quantitative estimate of drug-likeness (QED) is 0.847. The van der Waals surface area contributed by atoms with E-state index in [1.165, 1.54) is 19.2 Å². The molecule has 4 nitrogen and oxygen atoms in total. The van der Waals surface area contributed by atoms with Gasteiger partial charge < -0.3 is 14.6 Å². The van der Waals surface area contributed by atoms with Crippen molar-refractivity contribution in [1.29, 1.82) is 0 Å². The van der Waals surface area contributed by atoms with E-state index < -0.39 is 18.1 Å². The summed E-state index contributed by atoms with van der Waals surface area (Å²) < 4.78 is 45.1. The van der Waals surface area contributed by atoms with Crippen LogP contribution in [0.25, 0.3) is 6.08 Å². The number of benzene rings is 1. The molecule has 18 heavy (non-hydrogen) atoms.